The largest absolute Gasteiger partial charge is 0.496 e. The molecule has 0 bridgehead atoms. The predicted octanol–water partition coefficient (Wildman–Crippen LogP) is 3.24. The average Bonchev–Trinajstić information content (AvgIpc) is 2.57. The lowest BCUT2D eigenvalue weighted by Gasteiger charge is -2.27. The molecule has 0 amide bonds. The standard InChI is InChI=1S/C20H16O4/c1-10-8-11-6-7-13-18(16(11)14(21)9-10)20(23)12-4-3-5-15(24-2)17(12)19(13)22/h3-7,10H,8-9H2,1-2H3/t10-/m1/s1. The Balaban J connectivity index is 2.01. The molecular formula is C20H16O4. The van der Waals surface area contributed by atoms with Gasteiger partial charge >= 0.3 is 0 Å². The lowest BCUT2D eigenvalue weighted by atomic mass is 9.74. The maximum absolute atomic E-state index is 13.1. The van der Waals surface area contributed by atoms with Crippen molar-refractivity contribution in [1.82, 2.24) is 0 Å². The molecule has 0 saturated heterocycles. The van der Waals surface area contributed by atoms with E-state index in [2.05, 4.69) is 0 Å². The number of Topliss-reactive ketones (excluding diaryl/α,β-unsaturated/α-hetero) is 1. The van der Waals surface area contributed by atoms with Gasteiger partial charge in [0.2, 0.25) is 0 Å². The molecule has 0 saturated carbocycles. The zero-order chi connectivity index (χ0) is 17.0. The van der Waals surface area contributed by atoms with E-state index >= 15 is 0 Å². The Labute approximate surface area is 139 Å². The molecule has 4 nitrogen and oxygen atoms in total. The van der Waals surface area contributed by atoms with E-state index < -0.39 is 0 Å². The molecule has 0 heterocycles. The molecule has 2 aliphatic rings. The maximum atomic E-state index is 13.1. The molecule has 0 aliphatic heterocycles. The molecule has 0 aromatic heterocycles. The first-order valence-corrected chi connectivity index (χ1v) is 7.98. The fourth-order valence-corrected chi connectivity index (χ4v) is 3.82. The van der Waals surface area contributed by atoms with Crippen LogP contribution in [0.2, 0.25) is 0 Å². The maximum Gasteiger partial charge on any atom is 0.198 e. The highest BCUT2D eigenvalue weighted by Crippen LogP contribution is 2.38. The quantitative estimate of drug-likeness (QED) is 0.690. The van der Waals surface area contributed by atoms with Crippen molar-refractivity contribution in [2.45, 2.75) is 19.8 Å². The molecule has 2 aliphatic carbocycles. The van der Waals surface area contributed by atoms with Crippen LogP contribution in [0.1, 0.15) is 61.1 Å². The van der Waals surface area contributed by atoms with Gasteiger partial charge in [-0.25, -0.2) is 0 Å². The van der Waals surface area contributed by atoms with E-state index in [1.807, 2.05) is 13.0 Å². The van der Waals surface area contributed by atoms with Crippen LogP contribution < -0.4 is 4.74 Å². The summed E-state index contributed by atoms with van der Waals surface area (Å²) in [7, 11) is 1.47. The van der Waals surface area contributed by atoms with Crippen LogP contribution in [-0.4, -0.2) is 24.5 Å². The number of methoxy groups -OCH3 is 1. The van der Waals surface area contributed by atoms with E-state index in [-0.39, 0.29) is 34.4 Å². The third-order valence-electron chi connectivity index (χ3n) is 4.86. The molecule has 0 fully saturated rings. The fourth-order valence-electron chi connectivity index (χ4n) is 3.82. The van der Waals surface area contributed by atoms with E-state index in [0.29, 0.717) is 28.9 Å². The third kappa shape index (κ3) is 1.89. The summed E-state index contributed by atoms with van der Waals surface area (Å²) in [6.07, 6.45) is 1.16. The normalized spacial score (nSPS) is 18.8. The summed E-state index contributed by atoms with van der Waals surface area (Å²) in [6, 6.07) is 8.46. The molecule has 120 valence electrons. The van der Waals surface area contributed by atoms with Crippen LogP contribution in [0.4, 0.5) is 0 Å². The minimum atomic E-state index is -0.266. The highest BCUT2D eigenvalue weighted by Gasteiger charge is 2.37. The third-order valence-corrected chi connectivity index (χ3v) is 4.86. The predicted molar refractivity (Wildman–Crippen MR) is 88.1 cm³/mol. The van der Waals surface area contributed by atoms with E-state index in [1.165, 1.54) is 7.11 Å². The number of hydrogen-bond donors (Lipinski definition) is 0. The lowest BCUT2D eigenvalue weighted by Crippen LogP contribution is -2.28. The number of rotatable bonds is 1. The van der Waals surface area contributed by atoms with Crippen LogP contribution in [0.25, 0.3) is 0 Å². The van der Waals surface area contributed by atoms with Gasteiger partial charge in [-0.1, -0.05) is 25.1 Å². The van der Waals surface area contributed by atoms with Crippen molar-refractivity contribution in [3.63, 3.8) is 0 Å². The molecule has 0 spiro atoms. The van der Waals surface area contributed by atoms with Gasteiger partial charge in [-0.2, -0.15) is 0 Å². The van der Waals surface area contributed by atoms with Crippen molar-refractivity contribution >= 4 is 17.3 Å². The van der Waals surface area contributed by atoms with Crippen LogP contribution in [0.15, 0.2) is 30.3 Å². The van der Waals surface area contributed by atoms with Crippen molar-refractivity contribution < 1.29 is 19.1 Å². The van der Waals surface area contributed by atoms with Crippen molar-refractivity contribution in [3.05, 3.63) is 63.7 Å². The second-order valence-electron chi connectivity index (χ2n) is 6.50. The van der Waals surface area contributed by atoms with Gasteiger partial charge in [-0.3, -0.25) is 14.4 Å². The first-order valence-electron chi connectivity index (χ1n) is 7.98. The number of carbonyl (C=O) groups is 3. The lowest BCUT2D eigenvalue weighted by molar-refractivity contribution is 0.0935. The van der Waals surface area contributed by atoms with Gasteiger partial charge in [-0.15, -0.1) is 0 Å². The van der Waals surface area contributed by atoms with Gasteiger partial charge < -0.3 is 4.74 Å². The minimum absolute atomic E-state index is 0.0481. The molecule has 1 atom stereocenters. The molecule has 2 aromatic carbocycles. The summed E-state index contributed by atoms with van der Waals surface area (Å²) < 4.78 is 5.25. The summed E-state index contributed by atoms with van der Waals surface area (Å²) in [5, 5.41) is 0. The van der Waals surface area contributed by atoms with E-state index in [0.717, 1.165) is 12.0 Å². The summed E-state index contributed by atoms with van der Waals surface area (Å²) >= 11 is 0. The molecule has 0 N–H and O–H groups in total. The monoisotopic (exact) mass is 320 g/mol. The highest BCUT2D eigenvalue weighted by atomic mass is 16.5. The Morgan fingerprint density at radius 3 is 2.33 bits per heavy atom. The Morgan fingerprint density at radius 2 is 1.58 bits per heavy atom. The molecule has 4 heteroatoms. The number of hydrogen-bond acceptors (Lipinski definition) is 4. The summed E-state index contributed by atoms with van der Waals surface area (Å²) in [4.78, 5) is 38.6. The Kier molecular flexibility index (Phi) is 3.17. The summed E-state index contributed by atoms with van der Waals surface area (Å²) in [5.41, 5.74) is 2.48. The van der Waals surface area contributed by atoms with Crippen molar-refractivity contribution in [3.8, 4) is 5.75 Å². The second-order valence-corrected chi connectivity index (χ2v) is 6.50. The van der Waals surface area contributed by atoms with Crippen LogP contribution in [0.3, 0.4) is 0 Å². The summed E-state index contributed by atoms with van der Waals surface area (Å²) in [5.74, 6) is 0.0663. The smallest absolute Gasteiger partial charge is 0.198 e. The Hall–Kier alpha value is -2.75. The average molecular weight is 320 g/mol. The minimum Gasteiger partial charge on any atom is -0.496 e. The number of fused-ring (bicyclic) bond motifs is 4. The van der Waals surface area contributed by atoms with E-state index in [1.54, 1.807) is 24.3 Å². The van der Waals surface area contributed by atoms with Gasteiger partial charge in [0.25, 0.3) is 0 Å². The number of benzene rings is 2. The topological polar surface area (TPSA) is 60.4 Å². The Morgan fingerprint density at radius 1 is 0.875 bits per heavy atom. The molecule has 0 unspecified atom stereocenters. The van der Waals surface area contributed by atoms with Gasteiger partial charge in [0.1, 0.15) is 5.75 Å². The van der Waals surface area contributed by atoms with Crippen molar-refractivity contribution in [2.24, 2.45) is 5.92 Å². The Bertz CT molecular complexity index is 923. The molecule has 2 aromatic rings. The molecule has 0 radical (unpaired) electrons. The van der Waals surface area contributed by atoms with Crippen LogP contribution in [-0.2, 0) is 6.42 Å². The van der Waals surface area contributed by atoms with Crippen molar-refractivity contribution in [2.75, 3.05) is 7.11 Å². The van der Waals surface area contributed by atoms with Gasteiger partial charge in [0.05, 0.1) is 12.7 Å². The zero-order valence-electron chi connectivity index (χ0n) is 13.5. The highest BCUT2D eigenvalue weighted by molar-refractivity contribution is 6.32. The first kappa shape index (κ1) is 14.8. The van der Waals surface area contributed by atoms with E-state index in [9.17, 15) is 14.4 Å². The molecule has 24 heavy (non-hydrogen) atoms. The van der Waals surface area contributed by atoms with Crippen LogP contribution in [0, 0.1) is 5.92 Å². The molecule has 4 rings (SSSR count). The zero-order valence-corrected chi connectivity index (χ0v) is 13.5. The SMILES string of the molecule is COc1cccc2c1C(=O)c1ccc3c(c1C2=O)C(=O)C[C@H](C)C3. The van der Waals surface area contributed by atoms with Gasteiger partial charge in [0.15, 0.2) is 17.3 Å². The van der Waals surface area contributed by atoms with Crippen molar-refractivity contribution in [1.29, 1.82) is 0 Å². The van der Waals surface area contributed by atoms with Crippen LogP contribution >= 0.6 is 0 Å². The number of ether oxygens (including phenoxy) is 1. The second kappa shape index (κ2) is 5.13. The first-order chi connectivity index (χ1) is 11.5. The molecular weight excluding hydrogens is 304 g/mol. The van der Waals surface area contributed by atoms with Crippen LogP contribution in [0.5, 0.6) is 5.75 Å². The van der Waals surface area contributed by atoms with Gasteiger partial charge in [-0.05, 0) is 30.0 Å². The van der Waals surface area contributed by atoms with E-state index in [4.69, 9.17) is 4.74 Å². The number of carbonyl (C=O) groups excluding carboxylic acids is 3. The summed E-state index contributed by atoms with van der Waals surface area (Å²) in [6.45, 7) is 2.02. The number of ketones is 3. The van der Waals surface area contributed by atoms with Gasteiger partial charge in [0, 0.05) is 28.7 Å². The fraction of sp³-hybridized carbons (Fsp3) is 0.250.